The van der Waals surface area contributed by atoms with Gasteiger partial charge in [0, 0.05) is 19.2 Å². The molecule has 19 heavy (non-hydrogen) atoms. The minimum Gasteiger partial charge on any atom is -0.457 e. The molecule has 1 amide bonds. The summed E-state index contributed by atoms with van der Waals surface area (Å²) in [6.07, 6.45) is 3.58. The largest absolute Gasteiger partial charge is 0.457 e. The van der Waals surface area contributed by atoms with E-state index >= 15 is 0 Å². The van der Waals surface area contributed by atoms with E-state index in [-0.39, 0.29) is 5.91 Å². The zero-order valence-corrected chi connectivity index (χ0v) is 11.8. The van der Waals surface area contributed by atoms with Gasteiger partial charge < -0.3 is 9.32 Å². The van der Waals surface area contributed by atoms with Crippen LogP contribution in [-0.2, 0) is 0 Å². The summed E-state index contributed by atoms with van der Waals surface area (Å²) in [7, 11) is 0. The fourth-order valence-electron chi connectivity index (χ4n) is 2.18. The molecule has 1 aromatic carbocycles. The molecule has 2 aromatic rings. The van der Waals surface area contributed by atoms with Crippen molar-refractivity contribution in [3.8, 4) is 0 Å². The van der Waals surface area contributed by atoms with Crippen LogP contribution in [0.4, 0.5) is 0 Å². The maximum absolute atomic E-state index is 12.2. The molecule has 0 fully saturated rings. The van der Waals surface area contributed by atoms with Gasteiger partial charge in [-0.3, -0.25) is 4.79 Å². The first-order chi connectivity index (χ1) is 9.24. The van der Waals surface area contributed by atoms with Crippen LogP contribution in [0.15, 0.2) is 57.8 Å². The van der Waals surface area contributed by atoms with Crippen LogP contribution in [0.25, 0.3) is 5.57 Å². The van der Waals surface area contributed by atoms with Crippen LogP contribution in [0.3, 0.4) is 0 Å². The Morgan fingerprint density at radius 2 is 2.05 bits per heavy atom. The summed E-state index contributed by atoms with van der Waals surface area (Å²) in [4.78, 5) is 14.1. The highest BCUT2D eigenvalue weighted by Crippen LogP contribution is 2.23. The van der Waals surface area contributed by atoms with E-state index in [2.05, 4.69) is 34.1 Å². The Morgan fingerprint density at radius 3 is 2.74 bits per heavy atom. The van der Waals surface area contributed by atoms with Crippen LogP contribution in [0, 0.1) is 0 Å². The SMILES string of the molecule is O=C(c1coc(Br)c1)N1CC=C(c2ccccc2)C1. The van der Waals surface area contributed by atoms with Crippen molar-refractivity contribution in [2.45, 2.75) is 0 Å². The number of furan rings is 1. The lowest BCUT2D eigenvalue weighted by Gasteiger charge is -2.15. The van der Waals surface area contributed by atoms with Gasteiger partial charge in [-0.2, -0.15) is 0 Å². The van der Waals surface area contributed by atoms with E-state index in [0.29, 0.717) is 23.3 Å². The minimum atomic E-state index is -0.00312. The normalized spacial score (nSPS) is 14.6. The number of hydrogen-bond acceptors (Lipinski definition) is 2. The third-order valence-corrected chi connectivity index (χ3v) is 3.58. The van der Waals surface area contributed by atoms with E-state index < -0.39 is 0 Å². The molecule has 0 saturated heterocycles. The second-order valence-corrected chi connectivity index (χ2v) is 5.20. The lowest BCUT2D eigenvalue weighted by molar-refractivity contribution is 0.0801. The van der Waals surface area contributed by atoms with Crippen molar-refractivity contribution in [2.24, 2.45) is 0 Å². The molecule has 0 saturated carbocycles. The molecule has 0 aliphatic carbocycles. The van der Waals surface area contributed by atoms with Gasteiger partial charge in [0.15, 0.2) is 4.67 Å². The van der Waals surface area contributed by atoms with Gasteiger partial charge in [0.25, 0.3) is 5.91 Å². The van der Waals surface area contributed by atoms with E-state index in [9.17, 15) is 4.79 Å². The van der Waals surface area contributed by atoms with E-state index in [4.69, 9.17) is 4.42 Å². The lowest BCUT2D eigenvalue weighted by Crippen LogP contribution is -2.28. The molecule has 1 aliphatic rings. The van der Waals surface area contributed by atoms with Gasteiger partial charge in [-0.25, -0.2) is 0 Å². The Labute approximate surface area is 119 Å². The summed E-state index contributed by atoms with van der Waals surface area (Å²) in [5, 5.41) is 0. The van der Waals surface area contributed by atoms with Crippen LogP contribution in [0.1, 0.15) is 15.9 Å². The number of benzene rings is 1. The third-order valence-electron chi connectivity index (χ3n) is 3.17. The van der Waals surface area contributed by atoms with Gasteiger partial charge in [0.2, 0.25) is 0 Å². The van der Waals surface area contributed by atoms with Gasteiger partial charge in [0.1, 0.15) is 6.26 Å². The molecule has 2 heterocycles. The van der Waals surface area contributed by atoms with Crippen LogP contribution in [0.5, 0.6) is 0 Å². The monoisotopic (exact) mass is 317 g/mol. The van der Waals surface area contributed by atoms with Gasteiger partial charge >= 0.3 is 0 Å². The Morgan fingerprint density at radius 1 is 1.26 bits per heavy atom. The number of carbonyl (C=O) groups excluding carboxylic acids is 1. The van der Waals surface area contributed by atoms with Crippen molar-refractivity contribution in [3.05, 3.63) is 64.5 Å². The molecule has 0 atom stereocenters. The fraction of sp³-hybridized carbons (Fsp3) is 0.133. The van der Waals surface area contributed by atoms with Gasteiger partial charge in [-0.05, 0) is 27.1 Å². The van der Waals surface area contributed by atoms with Crippen molar-refractivity contribution in [1.82, 2.24) is 4.90 Å². The van der Waals surface area contributed by atoms with Gasteiger partial charge in [-0.15, -0.1) is 0 Å². The number of amides is 1. The van der Waals surface area contributed by atoms with Gasteiger partial charge in [-0.1, -0.05) is 36.4 Å². The molecule has 1 aliphatic heterocycles. The standard InChI is InChI=1S/C15H12BrNO2/c16-14-8-13(10-19-14)15(18)17-7-6-12(9-17)11-4-2-1-3-5-11/h1-6,8,10H,7,9H2. The number of halogens is 1. The van der Waals surface area contributed by atoms with E-state index in [0.717, 1.165) is 0 Å². The van der Waals surface area contributed by atoms with Crippen molar-refractivity contribution in [1.29, 1.82) is 0 Å². The van der Waals surface area contributed by atoms with Crippen LogP contribution < -0.4 is 0 Å². The van der Waals surface area contributed by atoms with E-state index in [1.54, 1.807) is 11.0 Å². The van der Waals surface area contributed by atoms with Crippen molar-refractivity contribution >= 4 is 27.4 Å². The molecule has 0 radical (unpaired) electrons. The molecule has 0 bridgehead atoms. The molecule has 3 nitrogen and oxygen atoms in total. The van der Waals surface area contributed by atoms with Crippen molar-refractivity contribution in [2.75, 3.05) is 13.1 Å². The van der Waals surface area contributed by atoms with Gasteiger partial charge in [0.05, 0.1) is 5.56 Å². The highest BCUT2D eigenvalue weighted by Gasteiger charge is 2.22. The Balaban J connectivity index is 1.73. The number of rotatable bonds is 2. The lowest BCUT2D eigenvalue weighted by atomic mass is 10.1. The first kappa shape index (κ1) is 12.2. The summed E-state index contributed by atoms with van der Waals surface area (Å²) in [6.45, 7) is 1.29. The number of nitrogens with zero attached hydrogens (tertiary/aromatic N) is 1. The average Bonchev–Trinajstić information content (AvgIpc) is 3.08. The van der Waals surface area contributed by atoms with E-state index in [1.807, 2.05) is 18.2 Å². The third kappa shape index (κ3) is 2.49. The highest BCUT2D eigenvalue weighted by molar-refractivity contribution is 9.10. The van der Waals surface area contributed by atoms with Crippen LogP contribution in [0.2, 0.25) is 0 Å². The Hall–Kier alpha value is -1.81. The van der Waals surface area contributed by atoms with Crippen molar-refractivity contribution in [3.63, 3.8) is 0 Å². The molecule has 0 N–H and O–H groups in total. The maximum Gasteiger partial charge on any atom is 0.257 e. The molecule has 1 aromatic heterocycles. The number of hydrogen-bond donors (Lipinski definition) is 0. The molecule has 0 spiro atoms. The summed E-state index contributed by atoms with van der Waals surface area (Å²) in [5.74, 6) is -0.00312. The predicted octanol–water partition coefficient (Wildman–Crippen LogP) is 3.58. The molecule has 96 valence electrons. The summed E-state index contributed by atoms with van der Waals surface area (Å²) >= 11 is 3.21. The fourth-order valence-corrected chi connectivity index (χ4v) is 2.52. The second-order valence-electron chi connectivity index (χ2n) is 4.42. The minimum absolute atomic E-state index is 0.00312. The molecule has 4 heteroatoms. The van der Waals surface area contributed by atoms with Crippen LogP contribution in [-0.4, -0.2) is 23.9 Å². The first-order valence-electron chi connectivity index (χ1n) is 6.02. The predicted molar refractivity (Wildman–Crippen MR) is 76.7 cm³/mol. The van der Waals surface area contributed by atoms with Crippen molar-refractivity contribution < 1.29 is 9.21 Å². The molecular weight excluding hydrogens is 306 g/mol. The zero-order chi connectivity index (χ0) is 13.2. The highest BCUT2D eigenvalue weighted by atomic mass is 79.9. The van der Waals surface area contributed by atoms with Crippen LogP contribution >= 0.6 is 15.9 Å². The summed E-state index contributed by atoms with van der Waals surface area (Å²) in [5.41, 5.74) is 2.94. The zero-order valence-electron chi connectivity index (χ0n) is 10.2. The maximum atomic E-state index is 12.2. The molecular formula is C15H12BrNO2. The quantitative estimate of drug-likeness (QED) is 0.848. The van der Waals surface area contributed by atoms with E-state index in [1.165, 1.54) is 17.4 Å². The number of carbonyl (C=O) groups is 1. The Kier molecular flexibility index (Phi) is 3.25. The Bertz CT molecular complexity index is 631. The molecule has 0 unspecified atom stereocenters. The second kappa shape index (κ2) is 5.05. The smallest absolute Gasteiger partial charge is 0.257 e. The summed E-state index contributed by atoms with van der Waals surface area (Å²) < 4.78 is 5.68. The molecule has 3 rings (SSSR count). The topological polar surface area (TPSA) is 33.5 Å². The first-order valence-corrected chi connectivity index (χ1v) is 6.81. The summed E-state index contributed by atoms with van der Waals surface area (Å²) in [6, 6.07) is 11.8. The average molecular weight is 318 g/mol.